The molecule has 0 unspecified atom stereocenters. The summed E-state index contributed by atoms with van der Waals surface area (Å²) in [5.41, 5.74) is 1.46. The van der Waals surface area contributed by atoms with Gasteiger partial charge in [-0.25, -0.2) is 8.42 Å². The minimum Gasteiger partial charge on any atom is -0.326 e. The van der Waals surface area contributed by atoms with Crippen LogP contribution in [-0.4, -0.2) is 36.3 Å². The zero-order chi connectivity index (χ0) is 22.2. The lowest BCUT2D eigenvalue weighted by atomic mass is 9.98. The van der Waals surface area contributed by atoms with Crippen molar-refractivity contribution in [2.24, 2.45) is 5.92 Å². The van der Waals surface area contributed by atoms with Crippen molar-refractivity contribution in [3.05, 3.63) is 58.2 Å². The summed E-state index contributed by atoms with van der Waals surface area (Å²) in [4.78, 5) is 25.4. The molecule has 4 rings (SSSR count). The number of carbonyl (C=O) groups is 1. The Balaban J connectivity index is 1.50. The lowest BCUT2D eigenvalue weighted by Crippen LogP contribution is -2.43. The molecule has 0 aliphatic carbocycles. The number of nitrogens with zero attached hydrogens (tertiary/aromatic N) is 2. The topological polar surface area (TPSA) is 88.5 Å². The molecule has 1 amide bonds. The minimum absolute atomic E-state index is 0.0254. The second-order valence-electron chi connectivity index (χ2n) is 8.02. The number of carbonyl (C=O) groups excluding carboxylic acids is 1. The summed E-state index contributed by atoms with van der Waals surface area (Å²) in [7, 11) is -3.62. The zero-order valence-corrected chi connectivity index (χ0v) is 19.1. The molecule has 0 bridgehead atoms. The van der Waals surface area contributed by atoms with Crippen molar-refractivity contribution in [1.29, 1.82) is 0 Å². The molecular formula is C22H25N3O4S2. The van der Waals surface area contributed by atoms with Crippen molar-refractivity contribution in [3.63, 3.8) is 0 Å². The third kappa shape index (κ3) is 4.30. The monoisotopic (exact) mass is 459 g/mol. The molecule has 9 heteroatoms. The highest BCUT2D eigenvalue weighted by Crippen LogP contribution is 2.27. The van der Waals surface area contributed by atoms with Gasteiger partial charge < -0.3 is 5.32 Å². The van der Waals surface area contributed by atoms with Crippen molar-refractivity contribution in [3.8, 4) is 0 Å². The van der Waals surface area contributed by atoms with Gasteiger partial charge in [-0.05, 0) is 57.0 Å². The van der Waals surface area contributed by atoms with Gasteiger partial charge in [-0.1, -0.05) is 29.5 Å². The molecule has 1 aliphatic rings. The van der Waals surface area contributed by atoms with Gasteiger partial charge in [0.15, 0.2) is 0 Å². The Kier molecular flexibility index (Phi) is 6.00. The summed E-state index contributed by atoms with van der Waals surface area (Å²) in [6.07, 6.45) is 1.26. The summed E-state index contributed by atoms with van der Waals surface area (Å²) in [5, 5.41) is 2.91. The van der Waals surface area contributed by atoms with Gasteiger partial charge in [0, 0.05) is 24.8 Å². The molecule has 0 saturated carbocycles. The van der Waals surface area contributed by atoms with Crippen LogP contribution in [0.1, 0.15) is 32.7 Å². The van der Waals surface area contributed by atoms with Crippen LogP contribution in [0, 0.1) is 5.92 Å². The molecule has 0 radical (unpaired) electrons. The number of amides is 1. The predicted molar refractivity (Wildman–Crippen MR) is 123 cm³/mol. The summed E-state index contributed by atoms with van der Waals surface area (Å²) >= 11 is 1.15. The molecule has 1 N–H and O–H groups in total. The van der Waals surface area contributed by atoms with E-state index in [1.807, 2.05) is 19.9 Å². The predicted octanol–water partition coefficient (Wildman–Crippen LogP) is 3.68. The number of sulfonamides is 1. The molecule has 1 aromatic heterocycles. The maximum atomic E-state index is 12.9. The van der Waals surface area contributed by atoms with Crippen LogP contribution in [0.25, 0.3) is 10.2 Å². The van der Waals surface area contributed by atoms with Gasteiger partial charge in [-0.3, -0.25) is 14.2 Å². The average molecular weight is 460 g/mol. The maximum Gasteiger partial charge on any atom is 0.308 e. The Morgan fingerprint density at radius 3 is 2.61 bits per heavy atom. The third-order valence-electron chi connectivity index (χ3n) is 5.53. The summed E-state index contributed by atoms with van der Waals surface area (Å²) < 4.78 is 29.8. The van der Waals surface area contributed by atoms with Gasteiger partial charge >= 0.3 is 4.87 Å². The van der Waals surface area contributed by atoms with Gasteiger partial charge in [-0.2, -0.15) is 4.31 Å². The summed E-state index contributed by atoms with van der Waals surface area (Å²) in [6.45, 7) is 4.48. The van der Waals surface area contributed by atoms with E-state index >= 15 is 0 Å². The fourth-order valence-corrected chi connectivity index (χ4v) is 6.56. The number of thiazole rings is 1. The van der Waals surface area contributed by atoms with Crippen LogP contribution >= 0.6 is 11.3 Å². The number of aromatic nitrogens is 1. The molecular weight excluding hydrogens is 434 g/mol. The fourth-order valence-electron chi connectivity index (χ4n) is 3.96. The van der Waals surface area contributed by atoms with E-state index in [2.05, 4.69) is 5.32 Å². The smallest absolute Gasteiger partial charge is 0.308 e. The van der Waals surface area contributed by atoms with E-state index in [-0.39, 0.29) is 28.3 Å². The van der Waals surface area contributed by atoms with Crippen LogP contribution in [0.4, 0.5) is 5.69 Å². The molecule has 2 heterocycles. The first-order chi connectivity index (χ1) is 14.8. The number of nitrogens with one attached hydrogen (secondary N) is 1. The Hall–Kier alpha value is -2.49. The molecule has 2 aromatic carbocycles. The van der Waals surface area contributed by atoms with Gasteiger partial charge in [0.1, 0.15) is 0 Å². The van der Waals surface area contributed by atoms with Gasteiger partial charge in [0.25, 0.3) is 0 Å². The van der Waals surface area contributed by atoms with E-state index in [0.29, 0.717) is 25.1 Å². The number of benzene rings is 2. The van der Waals surface area contributed by atoms with Crippen molar-refractivity contribution in [2.45, 2.75) is 37.6 Å². The standard InChI is InChI=1S/C22H25N3O4S2/c1-15(2)25-19-11-10-17(13-20(19)30-22(25)27)23-21(26)16-7-6-12-24(14-16)31(28,29)18-8-4-3-5-9-18/h3-5,8-11,13,15-16H,6-7,12,14H2,1-2H3,(H,23,26)/t16-/m1/s1. The Labute approximate surface area is 185 Å². The van der Waals surface area contributed by atoms with Crippen LogP contribution in [0.15, 0.2) is 58.2 Å². The van der Waals surface area contributed by atoms with Gasteiger partial charge in [-0.15, -0.1) is 0 Å². The number of hydrogen-bond acceptors (Lipinski definition) is 5. The van der Waals surface area contributed by atoms with Crippen LogP contribution in [0.2, 0.25) is 0 Å². The maximum absolute atomic E-state index is 12.9. The minimum atomic E-state index is -3.62. The highest BCUT2D eigenvalue weighted by Gasteiger charge is 2.33. The van der Waals surface area contributed by atoms with Crippen LogP contribution < -0.4 is 10.2 Å². The van der Waals surface area contributed by atoms with Crippen molar-refractivity contribution in [2.75, 3.05) is 18.4 Å². The Morgan fingerprint density at radius 1 is 1.16 bits per heavy atom. The number of rotatable bonds is 5. The first kappa shape index (κ1) is 21.7. The molecule has 1 saturated heterocycles. The molecule has 31 heavy (non-hydrogen) atoms. The van der Waals surface area contributed by atoms with E-state index in [1.54, 1.807) is 47.0 Å². The van der Waals surface area contributed by atoms with E-state index in [0.717, 1.165) is 21.6 Å². The highest BCUT2D eigenvalue weighted by atomic mass is 32.2. The second-order valence-corrected chi connectivity index (χ2v) is 10.9. The van der Waals surface area contributed by atoms with E-state index in [9.17, 15) is 18.0 Å². The Bertz CT molecular complexity index is 1260. The SMILES string of the molecule is CC(C)n1c(=O)sc2cc(NC(=O)[C@@H]3CCCN(S(=O)(=O)c4ccccc4)C3)ccc21. The third-order valence-corrected chi connectivity index (χ3v) is 8.33. The zero-order valence-electron chi connectivity index (χ0n) is 17.4. The van der Waals surface area contributed by atoms with Crippen molar-refractivity contribution >= 4 is 43.2 Å². The molecule has 1 fully saturated rings. The lowest BCUT2D eigenvalue weighted by Gasteiger charge is -2.31. The number of hydrogen-bond donors (Lipinski definition) is 1. The summed E-state index contributed by atoms with van der Waals surface area (Å²) in [5.74, 6) is -0.634. The van der Waals surface area contributed by atoms with E-state index in [1.165, 1.54) is 4.31 Å². The Morgan fingerprint density at radius 2 is 1.90 bits per heavy atom. The van der Waals surface area contributed by atoms with Crippen LogP contribution in [0.5, 0.6) is 0 Å². The largest absolute Gasteiger partial charge is 0.326 e. The molecule has 0 spiro atoms. The quantitative estimate of drug-likeness (QED) is 0.630. The molecule has 7 nitrogen and oxygen atoms in total. The average Bonchev–Trinajstić information content (AvgIpc) is 3.09. The van der Waals surface area contributed by atoms with Gasteiger partial charge in [0.2, 0.25) is 15.9 Å². The lowest BCUT2D eigenvalue weighted by molar-refractivity contribution is -0.120. The fraction of sp³-hybridized carbons (Fsp3) is 0.364. The second kappa shape index (κ2) is 8.57. The number of anilines is 1. The molecule has 3 aromatic rings. The van der Waals surface area contributed by atoms with Crippen molar-refractivity contribution < 1.29 is 13.2 Å². The first-order valence-electron chi connectivity index (χ1n) is 10.3. The molecule has 164 valence electrons. The van der Waals surface area contributed by atoms with Crippen molar-refractivity contribution in [1.82, 2.24) is 8.87 Å². The number of piperidine rings is 1. The first-order valence-corrected chi connectivity index (χ1v) is 12.5. The van der Waals surface area contributed by atoms with Crippen LogP contribution in [0.3, 0.4) is 0 Å². The van der Waals surface area contributed by atoms with E-state index in [4.69, 9.17) is 0 Å². The molecule has 1 atom stereocenters. The normalized spacial score (nSPS) is 17.8. The van der Waals surface area contributed by atoms with Crippen LogP contribution in [-0.2, 0) is 14.8 Å². The summed E-state index contributed by atoms with van der Waals surface area (Å²) in [6, 6.07) is 13.8. The molecule has 1 aliphatic heterocycles. The van der Waals surface area contributed by atoms with Gasteiger partial charge in [0.05, 0.1) is 21.0 Å². The number of fused-ring (bicyclic) bond motifs is 1. The highest BCUT2D eigenvalue weighted by molar-refractivity contribution is 7.89. The van der Waals surface area contributed by atoms with E-state index < -0.39 is 15.9 Å².